The number of amides is 2. The number of nitrogens with zero attached hydrogens (tertiary/aromatic N) is 5. The van der Waals surface area contributed by atoms with Gasteiger partial charge in [0.1, 0.15) is 5.69 Å². The van der Waals surface area contributed by atoms with Crippen molar-refractivity contribution >= 4 is 23.2 Å². The van der Waals surface area contributed by atoms with E-state index in [9.17, 15) is 9.59 Å². The van der Waals surface area contributed by atoms with Crippen LogP contribution in [0.3, 0.4) is 0 Å². The van der Waals surface area contributed by atoms with Gasteiger partial charge in [0.05, 0.1) is 27.5 Å². The lowest BCUT2D eigenvalue weighted by Crippen LogP contribution is -2.66. The number of carbonyl (C=O) groups is 2. The van der Waals surface area contributed by atoms with E-state index in [1.807, 2.05) is 10.4 Å². The highest BCUT2D eigenvalue weighted by Crippen LogP contribution is 2.61. The van der Waals surface area contributed by atoms with Crippen molar-refractivity contribution in [2.75, 3.05) is 13.1 Å². The second-order valence-electron chi connectivity index (χ2n) is 8.64. The molecule has 1 atom stereocenters. The molecule has 3 aliphatic rings. The normalized spacial score (nSPS) is 24.3. The van der Waals surface area contributed by atoms with Crippen LogP contribution in [0.4, 0.5) is 0 Å². The fraction of sp³-hybridized carbons (Fsp3) is 0.619. The van der Waals surface area contributed by atoms with E-state index in [1.165, 1.54) is 4.88 Å². The van der Waals surface area contributed by atoms with Gasteiger partial charge in [-0.3, -0.25) is 14.3 Å². The van der Waals surface area contributed by atoms with Crippen molar-refractivity contribution in [2.45, 2.75) is 57.5 Å². The highest BCUT2D eigenvalue weighted by molar-refractivity contribution is 7.09. The van der Waals surface area contributed by atoms with Crippen molar-refractivity contribution in [3.8, 4) is 0 Å². The number of aryl methyl sites for hydroxylation is 2. The molecule has 2 saturated heterocycles. The van der Waals surface area contributed by atoms with Crippen LogP contribution in [0.25, 0.3) is 0 Å². The third kappa shape index (κ3) is 2.75. The first kappa shape index (κ1) is 18.8. The molecule has 154 valence electrons. The van der Waals surface area contributed by atoms with Crippen molar-refractivity contribution in [3.05, 3.63) is 34.0 Å². The van der Waals surface area contributed by atoms with Crippen LogP contribution in [0.15, 0.2) is 17.8 Å². The monoisotopic (exact) mass is 413 g/mol. The second-order valence-corrected chi connectivity index (χ2v) is 9.53. The zero-order valence-corrected chi connectivity index (χ0v) is 17.8. The molecule has 2 aliphatic heterocycles. The maximum Gasteiger partial charge on any atom is 0.272 e. The molecule has 3 fully saturated rings. The number of aromatic nitrogens is 3. The quantitative estimate of drug-likeness (QED) is 0.726. The fourth-order valence-corrected chi connectivity index (χ4v) is 6.62. The van der Waals surface area contributed by atoms with Crippen LogP contribution < -0.4 is 0 Å². The zero-order valence-electron chi connectivity index (χ0n) is 17.0. The van der Waals surface area contributed by atoms with Gasteiger partial charge < -0.3 is 9.80 Å². The third-order valence-electron chi connectivity index (χ3n) is 7.17. The zero-order chi connectivity index (χ0) is 20.2. The number of rotatable bonds is 3. The molecule has 1 saturated carbocycles. The molecule has 1 unspecified atom stereocenters. The lowest BCUT2D eigenvalue weighted by molar-refractivity contribution is -0.180. The van der Waals surface area contributed by atoms with Crippen molar-refractivity contribution < 1.29 is 9.59 Å². The predicted molar refractivity (Wildman–Crippen MR) is 109 cm³/mol. The van der Waals surface area contributed by atoms with Crippen LogP contribution in [0.2, 0.25) is 0 Å². The van der Waals surface area contributed by atoms with E-state index in [1.54, 1.807) is 35.3 Å². The van der Waals surface area contributed by atoms with Crippen molar-refractivity contribution in [2.24, 2.45) is 12.5 Å². The molecule has 7 nitrogen and oxygen atoms in total. The van der Waals surface area contributed by atoms with Crippen LogP contribution in [-0.4, -0.2) is 55.5 Å². The molecule has 1 aliphatic carbocycles. The van der Waals surface area contributed by atoms with Gasteiger partial charge in [-0.25, -0.2) is 4.98 Å². The SMILES string of the molecule is Cc1ncsc1C1N(C2CCN(C(=O)c3ccnn3C)CC2)C(=O)C12CCCC2. The predicted octanol–water partition coefficient (Wildman–Crippen LogP) is 2.93. The van der Waals surface area contributed by atoms with Gasteiger partial charge in [-0.05, 0) is 38.7 Å². The summed E-state index contributed by atoms with van der Waals surface area (Å²) in [7, 11) is 1.79. The van der Waals surface area contributed by atoms with E-state index >= 15 is 0 Å². The number of carbonyl (C=O) groups excluding carboxylic acids is 2. The molecule has 5 rings (SSSR count). The Balaban J connectivity index is 1.33. The van der Waals surface area contributed by atoms with Gasteiger partial charge >= 0.3 is 0 Å². The van der Waals surface area contributed by atoms with Gasteiger partial charge in [-0.2, -0.15) is 5.10 Å². The van der Waals surface area contributed by atoms with Crippen LogP contribution in [-0.2, 0) is 11.8 Å². The molecular formula is C21H27N5O2S. The van der Waals surface area contributed by atoms with Gasteiger partial charge in [-0.15, -0.1) is 11.3 Å². The average molecular weight is 414 g/mol. The van der Waals surface area contributed by atoms with Crippen LogP contribution >= 0.6 is 11.3 Å². The average Bonchev–Trinajstić information content (AvgIpc) is 3.47. The molecule has 0 radical (unpaired) electrons. The van der Waals surface area contributed by atoms with E-state index < -0.39 is 0 Å². The van der Waals surface area contributed by atoms with E-state index in [-0.39, 0.29) is 23.4 Å². The van der Waals surface area contributed by atoms with E-state index in [4.69, 9.17) is 0 Å². The summed E-state index contributed by atoms with van der Waals surface area (Å²) >= 11 is 1.69. The Labute approximate surface area is 174 Å². The summed E-state index contributed by atoms with van der Waals surface area (Å²) in [4.78, 5) is 35.9. The lowest BCUT2D eigenvalue weighted by Gasteiger charge is -2.58. The molecule has 0 N–H and O–H groups in total. The van der Waals surface area contributed by atoms with Gasteiger partial charge in [0.25, 0.3) is 5.91 Å². The first-order valence-electron chi connectivity index (χ1n) is 10.5. The summed E-state index contributed by atoms with van der Waals surface area (Å²) in [6.07, 6.45) is 7.61. The third-order valence-corrected chi connectivity index (χ3v) is 8.16. The molecular weight excluding hydrogens is 386 g/mol. The van der Waals surface area contributed by atoms with E-state index in [0.717, 1.165) is 44.2 Å². The molecule has 4 heterocycles. The van der Waals surface area contributed by atoms with E-state index in [2.05, 4.69) is 21.9 Å². The Morgan fingerprint density at radius 3 is 2.55 bits per heavy atom. The van der Waals surface area contributed by atoms with Crippen molar-refractivity contribution in [3.63, 3.8) is 0 Å². The maximum atomic E-state index is 13.4. The molecule has 2 amide bonds. The molecule has 0 bridgehead atoms. The first-order chi connectivity index (χ1) is 14.0. The van der Waals surface area contributed by atoms with Crippen LogP contribution in [0.5, 0.6) is 0 Å². The highest BCUT2D eigenvalue weighted by Gasteiger charge is 2.64. The summed E-state index contributed by atoms with van der Waals surface area (Å²) in [6, 6.07) is 2.14. The minimum Gasteiger partial charge on any atom is -0.337 e. The Bertz CT molecular complexity index is 937. The van der Waals surface area contributed by atoms with Gasteiger partial charge in [-0.1, -0.05) is 12.8 Å². The number of hydrogen-bond acceptors (Lipinski definition) is 5. The molecule has 0 aromatic carbocycles. The Morgan fingerprint density at radius 2 is 1.97 bits per heavy atom. The molecule has 2 aromatic rings. The minimum absolute atomic E-state index is 0.0282. The fourth-order valence-electron chi connectivity index (χ4n) is 5.60. The van der Waals surface area contributed by atoms with Gasteiger partial charge in [0.15, 0.2) is 0 Å². The molecule has 29 heavy (non-hydrogen) atoms. The Kier molecular flexibility index (Phi) is 4.49. The molecule has 1 spiro atoms. The molecule has 8 heteroatoms. The minimum atomic E-state index is -0.195. The lowest BCUT2D eigenvalue weighted by atomic mass is 9.67. The van der Waals surface area contributed by atoms with Crippen molar-refractivity contribution in [1.29, 1.82) is 0 Å². The topological polar surface area (TPSA) is 71.3 Å². The smallest absolute Gasteiger partial charge is 0.272 e. The highest BCUT2D eigenvalue weighted by atomic mass is 32.1. The maximum absolute atomic E-state index is 13.4. The van der Waals surface area contributed by atoms with E-state index in [0.29, 0.717) is 24.7 Å². The number of hydrogen-bond donors (Lipinski definition) is 0. The number of thiazole rings is 1. The van der Waals surface area contributed by atoms with Crippen LogP contribution in [0.1, 0.15) is 65.6 Å². The largest absolute Gasteiger partial charge is 0.337 e. The Hall–Kier alpha value is -2.22. The summed E-state index contributed by atoms with van der Waals surface area (Å²) in [5.74, 6) is 0.365. The molecule has 2 aromatic heterocycles. The number of piperidine rings is 1. The van der Waals surface area contributed by atoms with Gasteiger partial charge in [0, 0.05) is 32.4 Å². The van der Waals surface area contributed by atoms with Crippen molar-refractivity contribution in [1.82, 2.24) is 24.6 Å². The summed E-state index contributed by atoms with van der Waals surface area (Å²) in [6.45, 7) is 3.42. The Morgan fingerprint density at radius 1 is 1.24 bits per heavy atom. The number of β-lactam (4-membered cyclic amide) rings is 1. The first-order valence-corrected chi connectivity index (χ1v) is 11.4. The van der Waals surface area contributed by atoms with Gasteiger partial charge in [0.2, 0.25) is 5.91 Å². The standard InChI is InChI=1S/C21H27N5O2S/c1-14-17(29-13-22-14)18-21(8-3-4-9-21)20(28)26(18)15-6-11-25(12-7-15)19(27)16-5-10-23-24(16)2/h5,10,13,15,18H,3-4,6-9,11-12H2,1-2H3. The summed E-state index contributed by atoms with van der Waals surface area (Å²) < 4.78 is 1.62. The number of likely N-dealkylation sites (tertiary alicyclic amines) is 2. The van der Waals surface area contributed by atoms with Crippen LogP contribution in [0, 0.1) is 12.3 Å². The second kappa shape index (κ2) is 6.93. The summed E-state index contributed by atoms with van der Waals surface area (Å²) in [5.41, 5.74) is 3.39. The summed E-state index contributed by atoms with van der Waals surface area (Å²) in [5, 5.41) is 4.11.